The molecule has 0 atom stereocenters. The molecule has 0 N–H and O–H groups in total. The second kappa shape index (κ2) is 6.31. The van der Waals surface area contributed by atoms with E-state index in [9.17, 15) is 0 Å². The third-order valence-electron chi connectivity index (χ3n) is 4.04. The summed E-state index contributed by atoms with van der Waals surface area (Å²) in [6.45, 7) is 14.1. The molecule has 2 saturated carbocycles. The Morgan fingerprint density at radius 1 is 0.647 bits per heavy atom. The first-order chi connectivity index (χ1) is 8.31. The van der Waals surface area contributed by atoms with Crippen molar-refractivity contribution in [3.63, 3.8) is 0 Å². The van der Waals surface area contributed by atoms with Gasteiger partial charge in [0.2, 0.25) is 12.1 Å². The molecular weight excluding hydrogens is 228 g/mol. The van der Waals surface area contributed by atoms with Gasteiger partial charge in [0, 0.05) is 36.2 Å². The van der Waals surface area contributed by atoms with Crippen molar-refractivity contribution >= 4 is 11.8 Å². The van der Waals surface area contributed by atoms with Gasteiger partial charge in [-0.1, -0.05) is 0 Å². The van der Waals surface area contributed by atoms with Crippen LogP contribution in [0.15, 0.2) is 0 Å². The minimum Gasteiger partial charge on any atom is -0.314 e. The highest BCUT2D eigenvalue weighted by Gasteiger charge is 2.30. The minimum absolute atomic E-state index is 0.310. The van der Waals surface area contributed by atoms with Gasteiger partial charge in [-0.15, -0.1) is 0 Å². The van der Waals surface area contributed by atoms with E-state index >= 15 is 0 Å². The monoisotopic (exact) mass is 248 g/mol. The van der Waals surface area contributed by atoms with Crippen molar-refractivity contribution in [2.24, 2.45) is 0 Å². The van der Waals surface area contributed by atoms with Crippen molar-refractivity contribution in [3.8, 4) is 0 Å². The summed E-state index contributed by atoms with van der Waals surface area (Å²) in [4.78, 5) is 7.31. The lowest BCUT2D eigenvalue weighted by atomic mass is 9.95. The second-order valence-electron chi connectivity index (χ2n) is 5.26. The van der Waals surface area contributed by atoms with E-state index in [2.05, 4.69) is 21.5 Å². The first-order valence-corrected chi connectivity index (χ1v) is 7.64. The van der Waals surface area contributed by atoms with Crippen LogP contribution in [-0.4, -0.2) is 22.6 Å². The third kappa shape index (κ3) is 3.65. The Labute approximate surface area is 109 Å². The molecule has 0 saturated heterocycles. The van der Waals surface area contributed by atoms with Crippen molar-refractivity contribution in [1.82, 2.24) is 0 Å². The highest BCUT2D eigenvalue weighted by Crippen LogP contribution is 2.38. The van der Waals surface area contributed by atoms with E-state index in [-0.39, 0.29) is 0 Å². The molecule has 2 fully saturated rings. The van der Waals surface area contributed by atoms with Crippen LogP contribution in [0.25, 0.3) is 9.69 Å². The molecule has 2 aliphatic carbocycles. The lowest BCUT2D eigenvalue weighted by molar-refractivity contribution is 0.472. The minimum atomic E-state index is 0.310. The summed E-state index contributed by atoms with van der Waals surface area (Å²) >= 11 is 2.16. The van der Waals surface area contributed by atoms with Crippen molar-refractivity contribution < 1.29 is 0 Å². The largest absolute Gasteiger partial charge is 0.314 e. The maximum Gasteiger partial charge on any atom is 0.223 e. The lowest BCUT2D eigenvalue weighted by Gasteiger charge is -2.29. The molecule has 0 aliphatic heterocycles. The topological polar surface area (TPSA) is 8.72 Å². The molecule has 0 aromatic heterocycles. The fourth-order valence-electron chi connectivity index (χ4n) is 2.89. The predicted octanol–water partition coefficient (Wildman–Crippen LogP) is 4.18. The summed E-state index contributed by atoms with van der Waals surface area (Å²) < 4.78 is 0. The molecule has 0 bridgehead atoms. The summed E-state index contributed by atoms with van der Waals surface area (Å²) in [6.07, 6.45) is 9.39. The van der Waals surface area contributed by atoms with Gasteiger partial charge in [-0.2, -0.15) is 11.8 Å². The smallest absolute Gasteiger partial charge is 0.223 e. The zero-order valence-corrected chi connectivity index (χ0v) is 11.1. The number of rotatable bonds is 2. The van der Waals surface area contributed by atoms with Crippen LogP contribution in [0.5, 0.6) is 0 Å². The Balaban J connectivity index is 1.69. The standard InChI is InChI=1S/C14H20N2S/c1-15-11-3-7-13(8-4-11)17-14-9-5-12(16-2)6-10-14/h11-14H,3-10H2. The summed E-state index contributed by atoms with van der Waals surface area (Å²) in [5.41, 5.74) is 0. The van der Waals surface area contributed by atoms with Gasteiger partial charge < -0.3 is 9.69 Å². The molecule has 0 heterocycles. The van der Waals surface area contributed by atoms with Crippen LogP contribution in [0.4, 0.5) is 0 Å². The maximum absolute atomic E-state index is 7.05. The molecule has 0 amide bonds. The third-order valence-corrected chi connectivity index (χ3v) is 5.75. The molecule has 2 rings (SSSR count). The van der Waals surface area contributed by atoms with E-state index in [4.69, 9.17) is 13.1 Å². The van der Waals surface area contributed by atoms with Crippen LogP contribution in [0, 0.1) is 13.1 Å². The Bertz CT molecular complexity index is 280. The zero-order valence-electron chi connectivity index (χ0n) is 10.3. The quantitative estimate of drug-likeness (QED) is 0.666. The van der Waals surface area contributed by atoms with Gasteiger partial charge in [0.05, 0.1) is 0 Å². The Morgan fingerprint density at radius 3 is 1.29 bits per heavy atom. The Kier molecular flexibility index (Phi) is 4.75. The summed E-state index contributed by atoms with van der Waals surface area (Å²) in [6, 6.07) is 0.620. The Hall–Kier alpha value is -0.670. The molecule has 3 heteroatoms. The molecule has 0 aromatic carbocycles. The second-order valence-corrected chi connectivity index (χ2v) is 6.86. The van der Waals surface area contributed by atoms with Gasteiger partial charge in [-0.05, 0) is 25.7 Å². The van der Waals surface area contributed by atoms with E-state index in [1.807, 2.05) is 0 Å². The lowest BCUT2D eigenvalue weighted by Crippen LogP contribution is -2.23. The van der Waals surface area contributed by atoms with E-state index in [0.29, 0.717) is 12.1 Å². The van der Waals surface area contributed by atoms with Crippen molar-refractivity contribution in [1.29, 1.82) is 0 Å². The highest BCUT2D eigenvalue weighted by atomic mass is 32.2. The van der Waals surface area contributed by atoms with Crippen molar-refractivity contribution in [3.05, 3.63) is 22.8 Å². The van der Waals surface area contributed by atoms with E-state index in [1.54, 1.807) is 0 Å². The van der Waals surface area contributed by atoms with Gasteiger partial charge >= 0.3 is 0 Å². The maximum atomic E-state index is 7.05. The summed E-state index contributed by atoms with van der Waals surface area (Å²) in [5, 5.41) is 1.59. The van der Waals surface area contributed by atoms with E-state index in [1.165, 1.54) is 25.7 Å². The Morgan fingerprint density at radius 2 is 1.00 bits per heavy atom. The zero-order chi connectivity index (χ0) is 12.1. The van der Waals surface area contributed by atoms with E-state index in [0.717, 1.165) is 36.2 Å². The molecule has 0 aromatic rings. The van der Waals surface area contributed by atoms with Gasteiger partial charge in [0.25, 0.3) is 0 Å². The van der Waals surface area contributed by atoms with Gasteiger partial charge in [-0.3, -0.25) is 0 Å². The van der Waals surface area contributed by atoms with Gasteiger partial charge in [0.1, 0.15) is 0 Å². The van der Waals surface area contributed by atoms with Crippen LogP contribution < -0.4 is 0 Å². The molecule has 0 unspecified atom stereocenters. The van der Waals surface area contributed by atoms with Gasteiger partial charge in [0.15, 0.2) is 0 Å². The number of hydrogen-bond acceptors (Lipinski definition) is 1. The highest BCUT2D eigenvalue weighted by molar-refractivity contribution is 8.00. The summed E-state index contributed by atoms with van der Waals surface area (Å²) in [7, 11) is 0. The molecule has 17 heavy (non-hydrogen) atoms. The first-order valence-electron chi connectivity index (χ1n) is 6.70. The van der Waals surface area contributed by atoms with Crippen LogP contribution in [-0.2, 0) is 0 Å². The van der Waals surface area contributed by atoms with Crippen LogP contribution in [0.1, 0.15) is 51.4 Å². The van der Waals surface area contributed by atoms with Gasteiger partial charge in [-0.25, -0.2) is 13.1 Å². The van der Waals surface area contributed by atoms with Crippen LogP contribution in [0.2, 0.25) is 0 Å². The van der Waals surface area contributed by atoms with Crippen LogP contribution in [0.3, 0.4) is 0 Å². The molecule has 0 spiro atoms. The first kappa shape index (κ1) is 12.8. The SMILES string of the molecule is [C-]#[N+]C1CCC(SC2CCC([N+]#[C-])CC2)CC1. The number of thioether (sulfide) groups is 1. The molecule has 92 valence electrons. The molecule has 2 nitrogen and oxygen atoms in total. The number of hydrogen-bond donors (Lipinski definition) is 0. The van der Waals surface area contributed by atoms with Crippen LogP contribution >= 0.6 is 11.8 Å². The number of nitrogens with zero attached hydrogens (tertiary/aromatic N) is 2. The average molecular weight is 248 g/mol. The fourth-order valence-corrected chi connectivity index (χ4v) is 4.53. The van der Waals surface area contributed by atoms with E-state index < -0.39 is 0 Å². The fraction of sp³-hybridized carbons (Fsp3) is 0.857. The van der Waals surface area contributed by atoms with Crippen molar-refractivity contribution in [2.75, 3.05) is 0 Å². The van der Waals surface area contributed by atoms with Crippen molar-refractivity contribution in [2.45, 2.75) is 74.0 Å². The molecule has 0 radical (unpaired) electrons. The average Bonchev–Trinajstić information content (AvgIpc) is 2.40. The predicted molar refractivity (Wildman–Crippen MR) is 72.9 cm³/mol. The summed E-state index contributed by atoms with van der Waals surface area (Å²) in [5.74, 6) is 0. The molecular formula is C14H20N2S. The molecule has 2 aliphatic rings. The normalized spacial score (nSPS) is 38.0.